The minimum Gasteiger partial charge on any atom is -0.377 e. The zero-order valence-electron chi connectivity index (χ0n) is 12.4. The second-order valence-electron chi connectivity index (χ2n) is 5.70. The number of rotatable bonds is 2. The molecule has 0 bridgehead atoms. The van der Waals surface area contributed by atoms with Gasteiger partial charge in [-0.2, -0.15) is 0 Å². The number of nitrogens with zero attached hydrogens (tertiary/aromatic N) is 3. The number of anilines is 2. The summed E-state index contributed by atoms with van der Waals surface area (Å²) in [5, 5.41) is 7.29. The first-order valence-corrected chi connectivity index (χ1v) is 8.33. The van der Waals surface area contributed by atoms with Gasteiger partial charge in [0.1, 0.15) is 0 Å². The van der Waals surface area contributed by atoms with E-state index in [4.69, 9.17) is 5.73 Å². The van der Waals surface area contributed by atoms with E-state index in [1.165, 1.54) is 53.5 Å². The number of amidine groups is 1. The first kappa shape index (κ1) is 13.6. The fourth-order valence-electron chi connectivity index (χ4n) is 3.42. The minimum absolute atomic E-state index is 0.618. The van der Waals surface area contributed by atoms with Crippen molar-refractivity contribution in [3.8, 4) is 0 Å². The molecule has 0 radical (unpaired) electrons. The second kappa shape index (κ2) is 5.20. The average molecular weight is 290 g/mol. The van der Waals surface area contributed by atoms with Crippen LogP contribution in [0.1, 0.15) is 29.9 Å². The van der Waals surface area contributed by atoms with Crippen LogP contribution >= 0.6 is 11.8 Å². The third kappa shape index (κ3) is 2.14. The first-order chi connectivity index (χ1) is 9.61. The molecule has 0 fully saturated rings. The Morgan fingerprint density at radius 1 is 1.45 bits per heavy atom. The Balaban J connectivity index is 2.08. The molecule has 1 aromatic rings. The van der Waals surface area contributed by atoms with E-state index in [2.05, 4.69) is 41.2 Å². The molecule has 1 aliphatic heterocycles. The average Bonchev–Trinajstić information content (AvgIpc) is 2.79. The molecule has 0 spiro atoms. The highest BCUT2D eigenvalue weighted by molar-refractivity contribution is 8.13. The Morgan fingerprint density at radius 3 is 2.95 bits per heavy atom. The standard InChI is InChI=1S/C15H22N4S/c1-18(2)12-7-8-13-14-10(5-4-6-11(12)14)9-19(13)17-15(16)20-3/h7-8,10H,4-6,9H2,1-3H3,(H2,16,17). The van der Waals surface area contributed by atoms with Gasteiger partial charge in [-0.25, -0.2) is 0 Å². The summed E-state index contributed by atoms with van der Waals surface area (Å²) in [6.07, 6.45) is 5.69. The molecule has 1 unspecified atom stereocenters. The van der Waals surface area contributed by atoms with E-state index in [9.17, 15) is 0 Å². The summed E-state index contributed by atoms with van der Waals surface area (Å²) < 4.78 is 0. The van der Waals surface area contributed by atoms with Gasteiger partial charge < -0.3 is 10.6 Å². The number of hydrogen-bond donors (Lipinski definition) is 1. The lowest BCUT2D eigenvalue weighted by atomic mass is 9.83. The van der Waals surface area contributed by atoms with Crippen molar-refractivity contribution >= 4 is 28.3 Å². The molecule has 20 heavy (non-hydrogen) atoms. The van der Waals surface area contributed by atoms with E-state index in [1.807, 2.05) is 6.26 Å². The summed E-state index contributed by atoms with van der Waals surface area (Å²) in [6, 6.07) is 4.43. The summed E-state index contributed by atoms with van der Waals surface area (Å²) in [5.74, 6) is 0.618. The molecule has 0 aromatic heterocycles. The molecule has 0 saturated heterocycles. The molecule has 1 aromatic carbocycles. The molecular formula is C15H22N4S. The molecule has 0 saturated carbocycles. The maximum atomic E-state index is 5.89. The van der Waals surface area contributed by atoms with Crippen molar-refractivity contribution in [1.29, 1.82) is 0 Å². The van der Waals surface area contributed by atoms with Gasteiger partial charge in [0.05, 0.1) is 5.69 Å². The fourth-order valence-corrected chi connectivity index (χ4v) is 3.60. The first-order valence-electron chi connectivity index (χ1n) is 7.10. The Hall–Kier alpha value is -1.36. The lowest BCUT2D eigenvalue weighted by molar-refractivity contribution is 0.575. The van der Waals surface area contributed by atoms with Crippen LogP contribution in [0, 0.1) is 0 Å². The fraction of sp³-hybridized carbons (Fsp3) is 0.533. The third-order valence-electron chi connectivity index (χ3n) is 4.28. The van der Waals surface area contributed by atoms with Crippen molar-refractivity contribution in [3.05, 3.63) is 23.3 Å². The molecular weight excluding hydrogens is 268 g/mol. The van der Waals surface area contributed by atoms with Gasteiger partial charge in [0.2, 0.25) is 0 Å². The zero-order valence-corrected chi connectivity index (χ0v) is 13.2. The van der Waals surface area contributed by atoms with Gasteiger partial charge in [-0.3, -0.25) is 5.01 Å². The lowest BCUT2D eigenvalue weighted by Gasteiger charge is -2.26. The van der Waals surface area contributed by atoms with Crippen LogP contribution in [0.5, 0.6) is 0 Å². The monoisotopic (exact) mass is 290 g/mol. The molecule has 1 heterocycles. The van der Waals surface area contributed by atoms with Gasteiger partial charge in [0.25, 0.3) is 0 Å². The van der Waals surface area contributed by atoms with E-state index in [-0.39, 0.29) is 0 Å². The van der Waals surface area contributed by atoms with Crippen LogP contribution in [0.15, 0.2) is 17.2 Å². The predicted molar refractivity (Wildman–Crippen MR) is 88.9 cm³/mol. The SMILES string of the molecule is CSC(N)=NN1CC2CCCc3c(N(C)C)ccc1c32. The number of benzene rings is 1. The number of hydrazone groups is 1. The molecule has 1 atom stereocenters. The maximum Gasteiger partial charge on any atom is 0.178 e. The molecule has 0 amide bonds. The van der Waals surface area contributed by atoms with Crippen molar-refractivity contribution in [2.75, 3.05) is 36.8 Å². The molecule has 5 heteroatoms. The van der Waals surface area contributed by atoms with Crippen LogP contribution in [0.25, 0.3) is 0 Å². The lowest BCUT2D eigenvalue weighted by Crippen LogP contribution is -2.20. The Morgan fingerprint density at radius 2 is 2.25 bits per heavy atom. The molecule has 1 aliphatic carbocycles. The number of hydrogen-bond acceptors (Lipinski definition) is 4. The molecule has 3 rings (SSSR count). The van der Waals surface area contributed by atoms with E-state index in [0.29, 0.717) is 11.1 Å². The topological polar surface area (TPSA) is 44.9 Å². The van der Waals surface area contributed by atoms with E-state index >= 15 is 0 Å². The molecule has 4 nitrogen and oxygen atoms in total. The number of thioether (sulfide) groups is 1. The van der Waals surface area contributed by atoms with Gasteiger partial charge in [0, 0.05) is 32.2 Å². The van der Waals surface area contributed by atoms with Crippen molar-refractivity contribution in [2.24, 2.45) is 10.8 Å². The zero-order chi connectivity index (χ0) is 14.3. The summed E-state index contributed by atoms with van der Waals surface area (Å²) in [7, 11) is 4.25. The predicted octanol–water partition coefficient (Wildman–Crippen LogP) is 2.59. The summed E-state index contributed by atoms with van der Waals surface area (Å²) in [4.78, 5) is 2.22. The van der Waals surface area contributed by atoms with Crippen molar-refractivity contribution in [1.82, 2.24) is 0 Å². The van der Waals surface area contributed by atoms with Crippen molar-refractivity contribution in [3.63, 3.8) is 0 Å². The largest absolute Gasteiger partial charge is 0.377 e. The van der Waals surface area contributed by atoms with Crippen LogP contribution in [0.4, 0.5) is 11.4 Å². The summed E-state index contributed by atoms with van der Waals surface area (Å²) >= 11 is 1.50. The van der Waals surface area contributed by atoms with Crippen molar-refractivity contribution in [2.45, 2.75) is 25.2 Å². The van der Waals surface area contributed by atoms with Gasteiger partial charge in [-0.1, -0.05) is 11.8 Å². The highest BCUT2D eigenvalue weighted by atomic mass is 32.2. The van der Waals surface area contributed by atoms with Crippen LogP contribution in [-0.4, -0.2) is 32.1 Å². The summed E-state index contributed by atoms with van der Waals surface area (Å²) in [6.45, 7) is 0.973. The van der Waals surface area contributed by atoms with E-state index in [0.717, 1.165) is 6.54 Å². The number of nitrogens with two attached hydrogens (primary N) is 1. The molecule has 108 valence electrons. The van der Waals surface area contributed by atoms with Gasteiger partial charge in [-0.05, 0) is 48.8 Å². The Bertz CT molecular complexity index is 553. The molecule has 2 N–H and O–H groups in total. The smallest absolute Gasteiger partial charge is 0.178 e. The van der Waals surface area contributed by atoms with Gasteiger partial charge in [-0.15, -0.1) is 5.10 Å². The highest BCUT2D eigenvalue weighted by Gasteiger charge is 2.34. The molecule has 2 aliphatic rings. The Labute approximate surface area is 125 Å². The third-order valence-corrected chi connectivity index (χ3v) is 4.78. The minimum atomic E-state index is 0.618. The summed E-state index contributed by atoms with van der Waals surface area (Å²) in [5.41, 5.74) is 11.5. The highest BCUT2D eigenvalue weighted by Crippen LogP contribution is 2.47. The second-order valence-corrected chi connectivity index (χ2v) is 6.53. The van der Waals surface area contributed by atoms with Crippen LogP contribution in [0.2, 0.25) is 0 Å². The van der Waals surface area contributed by atoms with Crippen molar-refractivity contribution < 1.29 is 0 Å². The normalized spacial score (nSPS) is 21.1. The van der Waals surface area contributed by atoms with Gasteiger partial charge in [0.15, 0.2) is 5.17 Å². The Kier molecular flexibility index (Phi) is 3.54. The van der Waals surface area contributed by atoms with Crippen LogP contribution in [-0.2, 0) is 6.42 Å². The van der Waals surface area contributed by atoms with E-state index in [1.54, 1.807) is 0 Å². The van der Waals surface area contributed by atoms with E-state index < -0.39 is 0 Å². The van der Waals surface area contributed by atoms with Crippen LogP contribution < -0.4 is 15.6 Å². The quantitative estimate of drug-likeness (QED) is 0.672. The maximum absolute atomic E-state index is 5.89. The van der Waals surface area contributed by atoms with Crippen LogP contribution in [0.3, 0.4) is 0 Å². The van der Waals surface area contributed by atoms with Gasteiger partial charge >= 0.3 is 0 Å².